The summed E-state index contributed by atoms with van der Waals surface area (Å²) in [6.07, 6.45) is 3.45. The topological polar surface area (TPSA) is 63.4 Å². The van der Waals surface area contributed by atoms with Crippen molar-refractivity contribution in [3.8, 4) is 0 Å². The molecule has 0 unspecified atom stereocenters. The van der Waals surface area contributed by atoms with E-state index < -0.39 is 6.04 Å². The molecule has 0 saturated heterocycles. The van der Waals surface area contributed by atoms with Crippen LogP contribution in [0.25, 0.3) is 11.0 Å². The van der Waals surface area contributed by atoms with Crippen molar-refractivity contribution >= 4 is 16.9 Å². The highest BCUT2D eigenvalue weighted by atomic mass is 16.3. The van der Waals surface area contributed by atoms with Crippen LogP contribution in [0.5, 0.6) is 0 Å². The van der Waals surface area contributed by atoms with Crippen molar-refractivity contribution in [1.82, 2.24) is 9.88 Å². The van der Waals surface area contributed by atoms with Gasteiger partial charge in [0.2, 0.25) is 5.76 Å². The van der Waals surface area contributed by atoms with Gasteiger partial charge in [0.15, 0.2) is 5.43 Å². The summed E-state index contributed by atoms with van der Waals surface area (Å²) in [5.74, 6) is 0.259. The fourth-order valence-electron chi connectivity index (χ4n) is 4.74. The van der Waals surface area contributed by atoms with Crippen LogP contribution < -0.4 is 5.43 Å². The Bertz CT molecular complexity index is 1420. The maximum atomic E-state index is 13.8. The van der Waals surface area contributed by atoms with Crippen LogP contribution in [0.15, 0.2) is 70.1 Å². The number of benzene rings is 2. The maximum Gasteiger partial charge on any atom is 0.291 e. The second kappa shape index (κ2) is 8.00. The van der Waals surface area contributed by atoms with Crippen molar-refractivity contribution in [2.24, 2.45) is 0 Å². The van der Waals surface area contributed by atoms with E-state index >= 15 is 0 Å². The van der Waals surface area contributed by atoms with Gasteiger partial charge in [-0.05, 0) is 59.7 Å². The molecular weight excluding hydrogens is 412 g/mol. The second-order valence-electron chi connectivity index (χ2n) is 9.15. The zero-order valence-electron chi connectivity index (χ0n) is 19.3. The van der Waals surface area contributed by atoms with E-state index in [4.69, 9.17) is 4.42 Å². The summed E-state index contributed by atoms with van der Waals surface area (Å²) in [4.78, 5) is 33.3. The molecule has 0 spiro atoms. The normalized spacial score (nSPS) is 15.5. The number of fused-ring (bicyclic) bond motifs is 2. The van der Waals surface area contributed by atoms with Crippen LogP contribution in [0.1, 0.15) is 69.7 Å². The number of rotatable bonds is 4. The summed E-state index contributed by atoms with van der Waals surface area (Å²) < 4.78 is 6.16. The van der Waals surface area contributed by atoms with Crippen molar-refractivity contribution in [2.45, 2.75) is 46.2 Å². The van der Waals surface area contributed by atoms with E-state index in [2.05, 4.69) is 31.0 Å². The monoisotopic (exact) mass is 438 g/mol. The first kappa shape index (κ1) is 21.1. The molecule has 5 nitrogen and oxygen atoms in total. The van der Waals surface area contributed by atoms with Crippen LogP contribution in [-0.2, 0) is 6.54 Å². The molecule has 33 heavy (non-hydrogen) atoms. The van der Waals surface area contributed by atoms with Gasteiger partial charge in [0, 0.05) is 18.9 Å². The molecule has 2 aromatic carbocycles. The SMILES string of the molecule is Cc1cc(C)c2oc3c(c(=O)c2c1)[C@H](c1ccc(C(C)C)cc1)N(Cc1cccnc1)C3=O. The highest BCUT2D eigenvalue weighted by Crippen LogP contribution is 2.39. The molecule has 0 radical (unpaired) electrons. The molecule has 4 aromatic rings. The molecule has 2 aromatic heterocycles. The molecule has 166 valence electrons. The van der Waals surface area contributed by atoms with Crippen molar-refractivity contribution in [1.29, 1.82) is 0 Å². The van der Waals surface area contributed by atoms with Crippen molar-refractivity contribution in [3.63, 3.8) is 0 Å². The maximum absolute atomic E-state index is 13.8. The Morgan fingerprint density at radius 3 is 2.48 bits per heavy atom. The minimum absolute atomic E-state index is 0.140. The van der Waals surface area contributed by atoms with Gasteiger partial charge in [0.1, 0.15) is 5.58 Å². The van der Waals surface area contributed by atoms with Crippen LogP contribution in [0.4, 0.5) is 0 Å². The number of carbonyl (C=O) groups is 1. The third-order valence-corrected chi connectivity index (χ3v) is 6.39. The van der Waals surface area contributed by atoms with Gasteiger partial charge in [-0.15, -0.1) is 0 Å². The summed E-state index contributed by atoms with van der Waals surface area (Å²) in [6.45, 7) is 8.48. The molecule has 0 bridgehead atoms. The van der Waals surface area contributed by atoms with Crippen LogP contribution >= 0.6 is 0 Å². The number of aromatic nitrogens is 1. The molecular formula is C28H26N2O3. The predicted octanol–water partition coefficient (Wildman–Crippen LogP) is 5.67. The highest BCUT2D eigenvalue weighted by Gasteiger charge is 2.42. The van der Waals surface area contributed by atoms with Gasteiger partial charge >= 0.3 is 0 Å². The van der Waals surface area contributed by atoms with Gasteiger partial charge in [0.25, 0.3) is 5.91 Å². The van der Waals surface area contributed by atoms with Crippen LogP contribution in [0.2, 0.25) is 0 Å². The van der Waals surface area contributed by atoms with Crippen LogP contribution in [0, 0.1) is 13.8 Å². The minimum atomic E-state index is -0.518. The molecule has 0 saturated carbocycles. The summed E-state index contributed by atoms with van der Waals surface area (Å²) in [5.41, 5.74) is 5.59. The zero-order valence-corrected chi connectivity index (χ0v) is 19.3. The number of nitrogens with zero attached hydrogens (tertiary/aromatic N) is 2. The largest absolute Gasteiger partial charge is 0.450 e. The van der Waals surface area contributed by atoms with E-state index in [0.29, 0.717) is 29.0 Å². The molecule has 3 heterocycles. The summed E-state index contributed by atoms with van der Waals surface area (Å²) in [6, 6.07) is 15.3. The lowest BCUT2D eigenvalue weighted by molar-refractivity contribution is 0.0714. The van der Waals surface area contributed by atoms with Gasteiger partial charge in [0.05, 0.1) is 17.0 Å². The Balaban J connectivity index is 1.73. The first-order chi connectivity index (χ1) is 15.8. The number of amides is 1. The average molecular weight is 439 g/mol. The van der Waals surface area contributed by atoms with Gasteiger partial charge in [-0.25, -0.2) is 0 Å². The molecule has 0 aliphatic carbocycles. The van der Waals surface area contributed by atoms with Crippen molar-refractivity contribution < 1.29 is 9.21 Å². The molecule has 5 rings (SSSR count). The van der Waals surface area contributed by atoms with Crippen molar-refractivity contribution in [3.05, 3.63) is 110 Å². The fraction of sp³-hybridized carbons (Fsp3) is 0.250. The van der Waals surface area contributed by atoms with Crippen LogP contribution in [-0.4, -0.2) is 15.8 Å². The standard InChI is InChI=1S/C28H26N2O3/c1-16(2)20-7-9-21(10-8-20)24-23-25(31)22-13-17(3)12-18(4)26(22)33-27(23)28(32)30(24)15-19-6-5-11-29-14-19/h5-14,16,24H,15H2,1-4H3/t24-/m0/s1. The first-order valence-corrected chi connectivity index (χ1v) is 11.2. The molecule has 1 aliphatic heterocycles. The number of aryl methyl sites for hydroxylation is 2. The van der Waals surface area contributed by atoms with E-state index in [1.54, 1.807) is 17.3 Å². The first-order valence-electron chi connectivity index (χ1n) is 11.2. The molecule has 5 heteroatoms. The van der Waals surface area contributed by atoms with E-state index in [1.165, 1.54) is 5.56 Å². The Labute approximate surface area is 192 Å². The van der Waals surface area contributed by atoms with E-state index in [9.17, 15) is 9.59 Å². The molecule has 0 N–H and O–H groups in total. The number of hydrogen-bond donors (Lipinski definition) is 0. The third-order valence-electron chi connectivity index (χ3n) is 6.39. The lowest BCUT2D eigenvalue weighted by Gasteiger charge is -2.25. The number of pyridine rings is 1. The average Bonchev–Trinajstić information content (AvgIpc) is 3.07. The summed E-state index contributed by atoms with van der Waals surface area (Å²) >= 11 is 0. The van der Waals surface area contributed by atoms with E-state index in [-0.39, 0.29) is 17.1 Å². The molecule has 1 atom stereocenters. The fourth-order valence-corrected chi connectivity index (χ4v) is 4.74. The van der Waals surface area contributed by atoms with Gasteiger partial charge < -0.3 is 9.32 Å². The summed E-state index contributed by atoms with van der Waals surface area (Å²) in [7, 11) is 0. The second-order valence-corrected chi connectivity index (χ2v) is 9.15. The zero-order chi connectivity index (χ0) is 23.3. The van der Waals surface area contributed by atoms with Gasteiger partial charge in [-0.3, -0.25) is 14.6 Å². The Morgan fingerprint density at radius 2 is 1.82 bits per heavy atom. The molecule has 0 fully saturated rings. The van der Waals surface area contributed by atoms with Gasteiger partial charge in [-0.1, -0.05) is 50.2 Å². The predicted molar refractivity (Wildman–Crippen MR) is 128 cm³/mol. The van der Waals surface area contributed by atoms with Crippen LogP contribution in [0.3, 0.4) is 0 Å². The third kappa shape index (κ3) is 3.54. The van der Waals surface area contributed by atoms with Crippen molar-refractivity contribution in [2.75, 3.05) is 0 Å². The lowest BCUT2D eigenvalue weighted by Crippen LogP contribution is -2.29. The Morgan fingerprint density at radius 1 is 1.06 bits per heavy atom. The minimum Gasteiger partial charge on any atom is -0.450 e. The Hall–Kier alpha value is -3.73. The van der Waals surface area contributed by atoms with Gasteiger partial charge in [-0.2, -0.15) is 0 Å². The van der Waals surface area contributed by atoms with E-state index in [1.807, 2.05) is 50.2 Å². The summed E-state index contributed by atoms with van der Waals surface area (Å²) in [5, 5.41) is 0.520. The Kier molecular flexibility index (Phi) is 5.12. The highest BCUT2D eigenvalue weighted by molar-refractivity contribution is 5.99. The number of carbonyl (C=O) groups excluding carboxylic acids is 1. The van der Waals surface area contributed by atoms with E-state index in [0.717, 1.165) is 22.3 Å². The molecule has 1 amide bonds. The number of hydrogen-bond acceptors (Lipinski definition) is 4. The smallest absolute Gasteiger partial charge is 0.291 e. The quantitative estimate of drug-likeness (QED) is 0.412. The molecule has 1 aliphatic rings. The lowest BCUT2D eigenvalue weighted by atomic mass is 9.94.